The minimum atomic E-state index is -3.88. The van der Waals surface area contributed by atoms with Gasteiger partial charge in [0.15, 0.2) is 21.3 Å². The lowest BCUT2D eigenvalue weighted by Gasteiger charge is -2.20. The Morgan fingerprint density at radius 1 is 1.19 bits per heavy atom. The summed E-state index contributed by atoms with van der Waals surface area (Å²) in [4.78, 5) is 27.6. The van der Waals surface area contributed by atoms with Crippen molar-refractivity contribution in [2.24, 2.45) is 4.99 Å². The molecule has 0 bridgehead atoms. The van der Waals surface area contributed by atoms with Crippen LogP contribution < -0.4 is 20.1 Å². The van der Waals surface area contributed by atoms with E-state index in [4.69, 9.17) is 9.47 Å². The third-order valence-corrected chi connectivity index (χ3v) is 6.16. The Balaban J connectivity index is 2.11. The number of carbonyl (C=O) groups excluding carboxylic acids is 2. The van der Waals surface area contributed by atoms with E-state index in [9.17, 15) is 18.0 Å². The number of sulfone groups is 1. The molecule has 27 heavy (non-hydrogen) atoms. The van der Waals surface area contributed by atoms with Crippen LogP contribution in [0.25, 0.3) is 0 Å². The predicted octanol–water partition coefficient (Wildman–Crippen LogP) is 0.663. The third kappa shape index (κ3) is 3.95. The summed E-state index contributed by atoms with van der Waals surface area (Å²) in [6.45, 7) is 4.67. The van der Waals surface area contributed by atoms with E-state index < -0.39 is 27.0 Å². The van der Waals surface area contributed by atoms with Gasteiger partial charge in [-0.25, -0.2) is 18.0 Å². The molecule has 10 heteroatoms. The monoisotopic (exact) mass is 393 g/mol. The van der Waals surface area contributed by atoms with E-state index in [2.05, 4.69) is 15.6 Å². The SMILES string of the molecule is CC(C)S(=O)(=O)c1c(NCC2=NCCN2)ccc2c1OC(=O)/C=C/C(=O)O2. The number of carbonyl (C=O) groups is 2. The van der Waals surface area contributed by atoms with Gasteiger partial charge >= 0.3 is 11.9 Å². The molecular weight excluding hydrogens is 374 g/mol. The quantitative estimate of drug-likeness (QED) is 0.552. The van der Waals surface area contributed by atoms with Crippen molar-refractivity contribution < 1.29 is 27.5 Å². The molecule has 0 saturated carbocycles. The lowest BCUT2D eigenvalue weighted by molar-refractivity contribution is -0.133. The number of aliphatic imine (C=N–C) groups is 1. The second-order valence-electron chi connectivity index (χ2n) is 6.15. The fourth-order valence-electron chi connectivity index (χ4n) is 2.54. The third-order valence-electron chi connectivity index (χ3n) is 3.94. The number of ether oxygens (including phenoxy) is 2. The number of benzene rings is 1. The van der Waals surface area contributed by atoms with Gasteiger partial charge in [-0.15, -0.1) is 0 Å². The first-order valence-corrected chi connectivity index (χ1v) is 9.87. The Hall–Kier alpha value is -2.88. The first-order valence-electron chi connectivity index (χ1n) is 8.32. The van der Waals surface area contributed by atoms with Gasteiger partial charge < -0.3 is 20.1 Å². The second kappa shape index (κ2) is 7.39. The first kappa shape index (κ1) is 18.9. The molecular formula is C17H19N3O6S. The zero-order chi connectivity index (χ0) is 19.6. The second-order valence-corrected chi connectivity index (χ2v) is 8.59. The zero-order valence-electron chi connectivity index (χ0n) is 14.8. The minimum Gasteiger partial charge on any atom is -0.419 e. The fraction of sp³-hybridized carbons (Fsp3) is 0.353. The number of amidine groups is 1. The molecule has 144 valence electrons. The van der Waals surface area contributed by atoms with E-state index >= 15 is 0 Å². The molecule has 0 atom stereocenters. The molecule has 2 heterocycles. The van der Waals surface area contributed by atoms with Gasteiger partial charge in [0.05, 0.1) is 24.0 Å². The van der Waals surface area contributed by atoms with Crippen molar-refractivity contribution in [1.29, 1.82) is 0 Å². The number of fused-ring (bicyclic) bond motifs is 1. The Morgan fingerprint density at radius 2 is 1.89 bits per heavy atom. The number of nitrogens with one attached hydrogen (secondary N) is 2. The molecule has 0 aromatic heterocycles. The van der Waals surface area contributed by atoms with Gasteiger partial charge in [0.1, 0.15) is 10.7 Å². The van der Waals surface area contributed by atoms with Crippen molar-refractivity contribution in [1.82, 2.24) is 5.32 Å². The average Bonchev–Trinajstić information content (AvgIpc) is 3.11. The van der Waals surface area contributed by atoms with E-state index in [0.29, 0.717) is 12.4 Å². The van der Waals surface area contributed by atoms with Crippen LogP contribution in [0.1, 0.15) is 13.8 Å². The van der Waals surface area contributed by atoms with Gasteiger partial charge in [0.25, 0.3) is 0 Å². The number of esters is 2. The van der Waals surface area contributed by atoms with E-state index in [1.165, 1.54) is 26.0 Å². The molecule has 0 saturated heterocycles. The maximum Gasteiger partial charge on any atom is 0.336 e. The van der Waals surface area contributed by atoms with Gasteiger partial charge in [0.2, 0.25) is 0 Å². The molecule has 0 amide bonds. The molecule has 0 fully saturated rings. The van der Waals surface area contributed by atoms with Gasteiger partial charge in [-0.05, 0) is 26.0 Å². The van der Waals surface area contributed by atoms with Crippen LogP contribution >= 0.6 is 0 Å². The van der Waals surface area contributed by atoms with Crippen molar-refractivity contribution >= 4 is 33.3 Å². The summed E-state index contributed by atoms with van der Waals surface area (Å²) >= 11 is 0. The van der Waals surface area contributed by atoms with Crippen LogP contribution in [0, 0.1) is 0 Å². The fourth-order valence-corrected chi connectivity index (χ4v) is 3.86. The van der Waals surface area contributed by atoms with Crippen molar-refractivity contribution in [3.63, 3.8) is 0 Å². The molecule has 2 N–H and O–H groups in total. The normalized spacial score (nSPS) is 17.8. The van der Waals surface area contributed by atoms with Crippen LogP contribution in [0.5, 0.6) is 11.5 Å². The molecule has 1 aromatic carbocycles. The first-order chi connectivity index (χ1) is 12.8. The number of nitrogens with zero attached hydrogens (tertiary/aromatic N) is 1. The molecule has 2 aliphatic heterocycles. The van der Waals surface area contributed by atoms with Gasteiger partial charge in [0, 0.05) is 18.7 Å². The summed E-state index contributed by atoms with van der Waals surface area (Å²) in [6, 6.07) is 2.85. The molecule has 1 aromatic rings. The van der Waals surface area contributed by atoms with Crippen molar-refractivity contribution in [3.05, 3.63) is 24.3 Å². The van der Waals surface area contributed by atoms with E-state index in [1.54, 1.807) is 0 Å². The van der Waals surface area contributed by atoms with Crippen molar-refractivity contribution in [2.75, 3.05) is 25.0 Å². The highest BCUT2D eigenvalue weighted by molar-refractivity contribution is 7.92. The van der Waals surface area contributed by atoms with Crippen LogP contribution in [-0.4, -0.2) is 51.1 Å². The number of hydrogen-bond donors (Lipinski definition) is 2. The summed E-state index contributed by atoms with van der Waals surface area (Å²) < 4.78 is 36.2. The summed E-state index contributed by atoms with van der Waals surface area (Å²) in [5.41, 5.74) is 0.229. The number of rotatable bonds is 5. The highest BCUT2D eigenvalue weighted by Crippen LogP contribution is 2.42. The van der Waals surface area contributed by atoms with Gasteiger partial charge in [-0.1, -0.05) is 0 Å². The Kier molecular flexibility index (Phi) is 5.17. The Labute approximate surface area is 156 Å². The van der Waals surface area contributed by atoms with Crippen LogP contribution in [-0.2, 0) is 19.4 Å². The molecule has 0 aliphatic carbocycles. The van der Waals surface area contributed by atoms with E-state index in [1.807, 2.05) is 0 Å². The molecule has 3 rings (SSSR count). The van der Waals surface area contributed by atoms with Gasteiger partial charge in [-0.3, -0.25) is 4.99 Å². The molecule has 0 radical (unpaired) electrons. The summed E-state index contributed by atoms with van der Waals surface area (Å²) in [5, 5.41) is 5.29. The maximum absolute atomic E-state index is 13.0. The average molecular weight is 393 g/mol. The lowest BCUT2D eigenvalue weighted by Crippen LogP contribution is -2.27. The predicted molar refractivity (Wildman–Crippen MR) is 98.0 cm³/mol. The van der Waals surface area contributed by atoms with E-state index in [0.717, 1.165) is 18.7 Å². The number of hydrogen-bond acceptors (Lipinski definition) is 9. The largest absolute Gasteiger partial charge is 0.419 e. The molecule has 9 nitrogen and oxygen atoms in total. The number of anilines is 1. The summed E-state index contributed by atoms with van der Waals surface area (Å²) in [6.07, 6.45) is 1.80. The molecule has 0 spiro atoms. The standard InChI is InChI=1S/C17H19N3O6S/c1-10(2)27(23,24)17-11(20-9-13-18-7-8-19-13)3-4-12-16(17)26-15(22)6-5-14(21)25-12/h3-6,10,20H,7-9H2,1-2H3,(H,18,19)/b6-5+. The maximum atomic E-state index is 13.0. The zero-order valence-corrected chi connectivity index (χ0v) is 15.6. The Morgan fingerprint density at radius 3 is 2.52 bits per heavy atom. The van der Waals surface area contributed by atoms with Crippen LogP contribution in [0.15, 0.2) is 34.2 Å². The molecule has 0 unspecified atom stereocenters. The Bertz CT molecular complexity index is 950. The topological polar surface area (TPSA) is 123 Å². The van der Waals surface area contributed by atoms with Crippen LogP contribution in [0.4, 0.5) is 5.69 Å². The lowest BCUT2D eigenvalue weighted by atomic mass is 10.2. The highest BCUT2D eigenvalue weighted by atomic mass is 32.2. The van der Waals surface area contributed by atoms with E-state index in [-0.39, 0.29) is 28.6 Å². The summed E-state index contributed by atoms with van der Waals surface area (Å²) in [7, 11) is -3.88. The highest BCUT2D eigenvalue weighted by Gasteiger charge is 2.32. The minimum absolute atomic E-state index is 0.140. The van der Waals surface area contributed by atoms with Crippen LogP contribution in [0.3, 0.4) is 0 Å². The summed E-state index contributed by atoms with van der Waals surface area (Å²) in [5.74, 6) is -1.42. The van der Waals surface area contributed by atoms with Crippen LogP contribution in [0.2, 0.25) is 0 Å². The smallest absolute Gasteiger partial charge is 0.336 e. The van der Waals surface area contributed by atoms with Gasteiger partial charge in [-0.2, -0.15) is 0 Å². The van der Waals surface area contributed by atoms with Crippen molar-refractivity contribution in [2.45, 2.75) is 24.0 Å². The molecule has 2 aliphatic rings. The van der Waals surface area contributed by atoms with Crippen molar-refractivity contribution in [3.8, 4) is 11.5 Å².